The Bertz CT molecular complexity index is 478. The van der Waals surface area contributed by atoms with E-state index < -0.39 is 13.4 Å². The number of nitriles is 1. The Kier molecular flexibility index (Phi) is 5.64. The first kappa shape index (κ1) is 15.8. The van der Waals surface area contributed by atoms with Gasteiger partial charge in [-0.1, -0.05) is 6.07 Å². The summed E-state index contributed by atoms with van der Waals surface area (Å²) in [6.07, 6.45) is 3.05. The molecule has 0 bridgehead atoms. The highest BCUT2D eigenvalue weighted by Gasteiger charge is 2.39. The molecule has 1 aromatic heterocycles. The normalized spacial score (nSPS) is 14.6. The zero-order valence-corrected chi connectivity index (χ0v) is 12.1. The van der Waals surface area contributed by atoms with E-state index in [0.29, 0.717) is 5.56 Å². The first-order chi connectivity index (χ1) is 8.99. The lowest BCUT2D eigenvalue weighted by Gasteiger charge is -2.26. The highest BCUT2D eigenvalue weighted by Crippen LogP contribution is 2.54. The van der Waals surface area contributed by atoms with Crippen molar-refractivity contribution in [1.82, 2.24) is 4.98 Å². The van der Waals surface area contributed by atoms with Gasteiger partial charge in [-0.05, 0) is 26.8 Å². The lowest BCUT2D eigenvalue weighted by atomic mass is 10.0. The van der Waals surface area contributed by atoms with Crippen molar-refractivity contribution >= 4 is 7.82 Å². The summed E-state index contributed by atoms with van der Waals surface area (Å²) in [6.45, 7) is 5.15. The third-order valence-electron chi connectivity index (χ3n) is 2.29. The van der Waals surface area contributed by atoms with Crippen molar-refractivity contribution in [1.29, 1.82) is 5.26 Å². The van der Waals surface area contributed by atoms with Gasteiger partial charge in [0.15, 0.2) is 5.60 Å². The summed E-state index contributed by atoms with van der Waals surface area (Å²) in [5.41, 5.74) is -0.967. The molecule has 7 heteroatoms. The molecule has 0 aliphatic heterocycles. The summed E-state index contributed by atoms with van der Waals surface area (Å²) in [4.78, 5) is 3.92. The SMILES string of the molecule is CCOP(=O)(OCC)OC(C)(C#N)c1cccnc1. The van der Waals surface area contributed by atoms with Gasteiger partial charge in [-0.25, -0.2) is 4.57 Å². The molecule has 1 aromatic rings. The number of hydrogen-bond donors (Lipinski definition) is 0. The summed E-state index contributed by atoms with van der Waals surface area (Å²) in [7, 11) is -3.77. The lowest BCUT2D eigenvalue weighted by molar-refractivity contribution is 0.0553. The van der Waals surface area contributed by atoms with Crippen molar-refractivity contribution in [3.63, 3.8) is 0 Å². The van der Waals surface area contributed by atoms with Crippen molar-refractivity contribution in [3.05, 3.63) is 30.1 Å². The van der Waals surface area contributed by atoms with Gasteiger partial charge in [-0.3, -0.25) is 18.6 Å². The van der Waals surface area contributed by atoms with Crippen LogP contribution in [0.25, 0.3) is 0 Å². The molecule has 1 heterocycles. The molecule has 1 unspecified atom stereocenters. The van der Waals surface area contributed by atoms with E-state index in [1.807, 2.05) is 6.07 Å². The Morgan fingerprint density at radius 3 is 2.47 bits per heavy atom. The molecule has 0 aliphatic rings. The fraction of sp³-hybridized carbons (Fsp3) is 0.500. The number of phosphoric ester groups is 1. The zero-order valence-electron chi connectivity index (χ0n) is 11.2. The molecule has 0 aromatic carbocycles. The van der Waals surface area contributed by atoms with Crippen molar-refractivity contribution in [2.75, 3.05) is 13.2 Å². The van der Waals surface area contributed by atoms with Crippen LogP contribution >= 0.6 is 7.82 Å². The predicted octanol–water partition coefficient (Wildman–Crippen LogP) is 3.02. The average Bonchev–Trinajstić information content (AvgIpc) is 2.40. The second-order valence-corrected chi connectivity index (χ2v) is 5.35. The van der Waals surface area contributed by atoms with E-state index in [-0.39, 0.29) is 13.2 Å². The molecule has 0 aliphatic carbocycles. The number of nitrogens with zero attached hydrogens (tertiary/aromatic N) is 2. The van der Waals surface area contributed by atoms with Gasteiger partial charge >= 0.3 is 7.82 Å². The van der Waals surface area contributed by atoms with Gasteiger partial charge in [0.25, 0.3) is 0 Å². The second kappa shape index (κ2) is 6.78. The van der Waals surface area contributed by atoms with Crippen LogP contribution in [0.5, 0.6) is 0 Å². The molecule has 0 fully saturated rings. The highest BCUT2D eigenvalue weighted by atomic mass is 31.2. The Hall–Kier alpha value is -1.25. The van der Waals surface area contributed by atoms with Crippen LogP contribution in [0.15, 0.2) is 24.5 Å². The molecule has 19 heavy (non-hydrogen) atoms. The minimum atomic E-state index is -3.77. The molecular formula is C12H17N2O4P. The second-order valence-electron chi connectivity index (χ2n) is 3.76. The van der Waals surface area contributed by atoms with E-state index >= 15 is 0 Å². The molecule has 0 amide bonds. The molecule has 104 valence electrons. The first-order valence-electron chi connectivity index (χ1n) is 5.91. The highest BCUT2D eigenvalue weighted by molar-refractivity contribution is 7.48. The topological polar surface area (TPSA) is 81.4 Å². The molecule has 0 radical (unpaired) electrons. The summed E-state index contributed by atoms with van der Waals surface area (Å²) < 4.78 is 27.7. The van der Waals surface area contributed by atoms with Crippen LogP contribution in [0.1, 0.15) is 26.3 Å². The molecule has 6 nitrogen and oxygen atoms in total. The number of rotatable bonds is 7. The predicted molar refractivity (Wildman–Crippen MR) is 69.1 cm³/mol. The third-order valence-corrected chi connectivity index (χ3v) is 4.03. The van der Waals surface area contributed by atoms with Crippen LogP contribution in [-0.4, -0.2) is 18.2 Å². The van der Waals surface area contributed by atoms with Crippen LogP contribution in [0.4, 0.5) is 0 Å². The van der Waals surface area contributed by atoms with E-state index in [1.54, 1.807) is 32.2 Å². The molecule has 1 atom stereocenters. The molecule has 0 spiro atoms. The quantitative estimate of drug-likeness (QED) is 0.716. The van der Waals surface area contributed by atoms with Crippen molar-refractivity contribution in [3.8, 4) is 6.07 Å². The van der Waals surface area contributed by atoms with E-state index in [4.69, 9.17) is 13.6 Å². The van der Waals surface area contributed by atoms with Gasteiger partial charge in [0.05, 0.1) is 13.2 Å². The summed E-state index contributed by atoms with van der Waals surface area (Å²) >= 11 is 0. The zero-order chi connectivity index (χ0) is 14.4. The van der Waals surface area contributed by atoms with Crippen LogP contribution in [0.3, 0.4) is 0 Å². The Morgan fingerprint density at radius 2 is 2.05 bits per heavy atom. The van der Waals surface area contributed by atoms with Gasteiger partial charge in [0.2, 0.25) is 0 Å². The molecule has 0 saturated heterocycles. The minimum Gasteiger partial charge on any atom is -0.287 e. The average molecular weight is 284 g/mol. The van der Waals surface area contributed by atoms with Crippen LogP contribution in [0, 0.1) is 11.3 Å². The Balaban J connectivity index is 3.04. The lowest BCUT2D eigenvalue weighted by Crippen LogP contribution is -2.24. The van der Waals surface area contributed by atoms with E-state index in [2.05, 4.69) is 4.98 Å². The Labute approximate surface area is 112 Å². The summed E-state index contributed by atoms with van der Waals surface area (Å²) in [5, 5.41) is 9.30. The number of aromatic nitrogens is 1. The van der Waals surface area contributed by atoms with Crippen LogP contribution < -0.4 is 0 Å². The minimum absolute atomic E-state index is 0.159. The molecule has 1 rings (SSSR count). The molecule has 0 saturated carbocycles. The van der Waals surface area contributed by atoms with Gasteiger partial charge in [-0.2, -0.15) is 5.26 Å². The van der Waals surface area contributed by atoms with Crippen molar-refractivity contribution in [2.45, 2.75) is 26.4 Å². The largest absolute Gasteiger partial charge is 0.476 e. The van der Waals surface area contributed by atoms with Gasteiger partial charge in [-0.15, -0.1) is 0 Å². The molecule has 0 N–H and O–H groups in total. The number of phosphoric acid groups is 1. The van der Waals surface area contributed by atoms with Crippen molar-refractivity contribution in [2.24, 2.45) is 0 Å². The molecular weight excluding hydrogens is 267 g/mol. The standard InChI is InChI=1S/C12H17N2O4P/c1-4-16-19(15,17-5-2)18-12(3,10-13)11-7-6-8-14-9-11/h6-9H,4-5H2,1-3H3. The Morgan fingerprint density at radius 1 is 1.42 bits per heavy atom. The maximum Gasteiger partial charge on any atom is 0.476 e. The van der Waals surface area contributed by atoms with E-state index in [0.717, 1.165) is 0 Å². The monoisotopic (exact) mass is 284 g/mol. The number of hydrogen-bond acceptors (Lipinski definition) is 6. The van der Waals surface area contributed by atoms with E-state index in [9.17, 15) is 9.83 Å². The summed E-state index contributed by atoms with van der Waals surface area (Å²) in [5.74, 6) is 0. The van der Waals surface area contributed by atoms with Crippen LogP contribution in [0.2, 0.25) is 0 Å². The maximum atomic E-state index is 12.3. The number of pyridine rings is 1. The third kappa shape index (κ3) is 4.12. The fourth-order valence-corrected chi connectivity index (χ4v) is 2.82. The van der Waals surface area contributed by atoms with Gasteiger partial charge in [0, 0.05) is 18.0 Å². The summed E-state index contributed by atoms with van der Waals surface area (Å²) in [6, 6.07) is 5.31. The van der Waals surface area contributed by atoms with E-state index in [1.165, 1.54) is 13.1 Å². The fourth-order valence-electron chi connectivity index (χ4n) is 1.41. The smallest absolute Gasteiger partial charge is 0.287 e. The van der Waals surface area contributed by atoms with Gasteiger partial charge < -0.3 is 0 Å². The van der Waals surface area contributed by atoms with Crippen LogP contribution in [-0.2, 0) is 23.7 Å². The maximum absolute atomic E-state index is 12.3. The van der Waals surface area contributed by atoms with Crippen molar-refractivity contribution < 1.29 is 18.1 Å². The van der Waals surface area contributed by atoms with Gasteiger partial charge in [0.1, 0.15) is 6.07 Å². The first-order valence-corrected chi connectivity index (χ1v) is 7.37.